The van der Waals surface area contributed by atoms with Gasteiger partial charge in [0, 0.05) is 6.08 Å². The number of hydrogen-bond acceptors (Lipinski definition) is 4. The fraction of sp³-hybridized carbons (Fsp3) is 0.357. The first-order chi connectivity index (χ1) is 8.76. The van der Waals surface area contributed by atoms with Gasteiger partial charge in [0.2, 0.25) is 0 Å². The van der Waals surface area contributed by atoms with Crippen molar-refractivity contribution in [2.24, 2.45) is 0 Å². The zero-order valence-corrected chi connectivity index (χ0v) is 10.6. The summed E-state index contributed by atoms with van der Waals surface area (Å²) in [5.74, 6) is 1.23. The Hall–Kier alpha value is -1.97. The third kappa shape index (κ3) is 5.39. The minimum atomic E-state index is -0.383. The molecule has 0 aromatic heterocycles. The van der Waals surface area contributed by atoms with Crippen molar-refractivity contribution in [3.8, 4) is 11.5 Å². The van der Waals surface area contributed by atoms with E-state index in [0.29, 0.717) is 13.2 Å². The summed E-state index contributed by atoms with van der Waals surface area (Å²) in [6.45, 7) is 4.31. The largest absolute Gasteiger partial charge is 0.497 e. The first-order valence-corrected chi connectivity index (χ1v) is 5.82. The lowest BCUT2D eigenvalue weighted by Gasteiger charge is -2.07. The third-order valence-electron chi connectivity index (χ3n) is 2.28. The molecule has 1 aromatic rings. The van der Waals surface area contributed by atoms with Crippen LogP contribution >= 0.6 is 0 Å². The van der Waals surface area contributed by atoms with Crippen LogP contribution < -0.4 is 9.47 Å². The summed E-state index contributed by atoms with van der Waals surface area (Å²) in [5.41, 5.74) is 0. The minimum Gasteiger partial charge on any atom is -0.497 e. The van der Waals surface area contributed by atoms with E-state index in [0.717, 1.165) is 30.4 Å². The van der Waals surface area contributed by atoms with Crippen LogP contribution in [0.4, 0.5) is 0 Å². The van der Waals surface area contributed by atoms with Gasteiger partial charge in [-0.3, -0.25) is 0 Å². The zero-order valence-electron chi connectivity index (χ0n) is 10.6. The Morgan fingerprint density at radius 2 is 1.78 bits per heavy atom. The van der Waals surface area contributed by atoms with Crippen molar-refractivity contribution in [1.82, 2.24) is 0 Å². The van der Waals surface area contributed by atoms with Crippen LogP contribution in [0.25, 0.3) is 0 Å². The highest BCUT2D eigenvalue weighted by Gasteiger charge is 1.97. The van der Waals surface area contributed by atoms with Gasteiger partial charge in [-0.05, 0) is 37.1 Å². The molecule has 0 atom stereocenters. The molecule has 0 aliphatic heterocycles. The number of ether oxygens (including phenoxy) is 3. The predicted octanol–water partition coefficient (Wildman–Crippen LogP) is 2.58. The van der Waals surface area contributed by atoms with Crippen molar-refractivity contribution in [2.45, 2.75) is 12.8 Å². The van der Waals surface area contributed by atoms with E-state index in [1.54, 1.807) is 7.11 Å². The first kappa shape index (κ1) is 14.1. The highest BCUT2D eigenvalue weighted by atomic mass is 16.5. The van der Waals surface area contributed by atoms with Crippen molar-refractivity contribution in [1.29, 1.82) is 0 Å². The van der Waals surface area contributed by atoms with E-state index < -0.39 is 0 Å². The number of unbranched alkanes of at least 4 members (excludes halogenated alkanes) is 1. The van der Waals surface area contributed by atoms with E-state index in [1.807, 2.05) is 24.3 Å². The van der Waals surface area contributed by atoms with Crippen LogP contribution in [0.15, 0.2) is 36.9 Å². The average Bonchev–Trinajstić information content (AvgIpc) is 2.43. The van der Waals surface area contributed by atoms with Gasteiger partial charge in [-0.2, -0.15) is 0 Å². The Kier molecular flexibility index (Phi) is 6.40. The Balaban J connectivity index is 2.10. The lowest BCUT2D eigenvalue weighted by Crippen LogP contribution is -2.04. The van der Waals surface area contributed by atoms with Gasteiger partial charge in [0.25, 0.3) is 0 Å². The fourth-order valence-corrected chi connectivity index (χ4v) is 1.30. The molecule has 4 heteroatoms. The summed E-state index contributed by atoms with van der Waals surface area (Å²) < 4.78 is 15.4. The van der Waals surface area contributed by atoms with Crippen LogP contribution in [0.3, 0.4) is 0 Å². The number of esters is 1. The number of rotatable bonds is 8. The second kappa shape index (κ2) is 8.17. The maximum atomic E-state index is 10.7. The summed E-state index contributed by atoms with van der Waals surface area (Å²) >= 11 is 0. The van der Waals surface area contributed by atoms with Gasteiger partial charge in [-0.25, -0.2) is 4.79 Å². The number of benzene rings is 1. The molecule has 0 radical (unpaired) electrons. The second-order valence-electron chi connectivity index (χ2n) is 3.60. The Morgan fingerprint density at radius 3 is 2.39 bits per heavy atom. The fourth-order valence-electron chi connectivity index (χ4n) is 1.30. The topological polar surface area (TPSA) is 44.8 Å². The molecule has 0 fully saturated rings. The van der Waals surface area contributed by atoms with E-state index in [2.05, 4.69) is 6.58 Å². The lowest BCUT2D eigenvalue weighted by atomic mass is 10.3. The third-order valence-corrected chi connectivity index (χ3v) is 2.28. The minimum absolute atomic E-state index is 0.383. The molecule has 0 N–H and O–H groups in total. The molecule has 0 bridgehead atoms. The number of methoxy groups -OCH3 is 1. The Labute approximate surface area is 107 Å². The highest BCUT2D eigenvalue weighted by Crippen LogP contribution is 2.17. The molecule has 1 aromatic carbocycles. The van der Waals surface area contributed by atoms with Gasteiger partial charge in [-0.1, -0.05) is 6.58 Å². The van der Waals surface area contributed by atoms with Crippen LogP contribution in [0.1, 0.15) is 12.8 Å². The Bertz CT molecular complexity index is 370. The van der Waals surface area contributed by atoms with Gasteiger partial charge in [0.1, 0.15) is 11.5 Å². The molecule has 18 heavy (non-hydrogen) atoms. The zero-order chi connectivity index (χ0) is 13.2. The molecule has 0 amide bonds. The molecule has 0 aliphatic rings. The van der Waals surface area contributed by atoms with Gasteiger partial charge < -0.3 is 14.2 Å². The van der Waals surface area contributed by atoms with Gasteiger partial charge in [0.05, 0.1) is 20.3 Å². The van der Waals surface area contributed by atoms with Crippen molar-refractivity contribution in [2.75, 3.05) is 20.3 Å². The molecule has 0 aliphatic carbocycles. The van der Waals surface area contributed by atoms with E-state index >= 15 is 0 Å². The first-order valence-electron chi connectivity index (χ1n) is 5.82. The molecule has 0 heterocycles. The maximum Gasteiger partial charge on any atom is 0.330 e. The van der Waals surface area contributed by atoms with E-state index in [1.165, 1.54) is 0 Å². The molecule has 98 valence electrons. The Morgan fingerprint density at radius 1 is 1.17 bits per heavy atom. The molecule has 0 saturated heterocycles. The summed E-state index contributed by atoms with van der Waals surface area (Å²) in [5, 5.41) is 0. The number of carbonyl (C=O) groups excluding carboxylic acids is 1. The summed E-state index contributed by atoms with van der Waals surface area (Å²) in [4.78, 5) is 10.7. The molecular formula is C14H18O4. The standard InChI is InChI=1S/C14H18O4/c1-3-14(15)18-11-5-4-10-17-13-8-6-12(16-2)7-9-13/h3,6-9H,1,4-5,10-11H2,2H3. The van der Waals surface area contributed by atoms with Crippen LogP contribution in [0.2, 0.25) is 0 Å². The van der Waals surface area contributed by atoms with Gasteiger partial charge >= 0.3 is 5.97 Å². The predicted molar refractivity (Wildman–Crippen MR) is 68.9 cm³/mol. The lowest BCUT2D eigenvalue weighted by molar-refractivity contribution is -0.137. The monoisotopic (exact) mass is 250 g/mol. The highest BCUT2D eigenvalue weighted by molar-refractivity contribution is 5.81. The number of hydrogen-bond donors (Lipinski definition) is 0. The van der Waals surface area contributed by atoms with Gasteiger partial charge in [0.15, 0.2) is 0 Å². The number of carbonyl (C=O) groups is 1. The molecule has 0 spiro atoms. The maximum absolute atomic E-state index is 10.7. The second-order valence-corrected chi connectivity index (χ2v) is 3.60. The molecule has 0 saturated carbocycles. The van der Waals surface area contributed by atoms with Crippen LogP contribution in [-0.4, -0.2) is 26.3 Å². The average molecular weight is 250 g/mol. The van der Waals surface area contributed by atoms with Crippen molar-refractivity contribution in [3.63, 3.8) is 0 Å². The van der Waals surface area contributed by atoms with E-state index in [-0.39, 0.29) is 5.97 Å². The molecular weight excluding hydrogens is 232 g/mol. The van der Waals surface area contributed by atoms with Crippen LogP contribution in [0.5, 0.6) is 11.5 Å². The quantitative estimate of drug-likeness (QED) is 0.404. The van der Waals surface area contributed by atoms with E-state index in [9.17, 15) is 4.79 Å². The molecule has 4 nitrogen and oxygen atoms in total. The van der Waals surface area contributed by atoms with Crippen LogP contribution in [0, 0.1) is 0 Å². The van der Waals surface area contributed by atoms with E-state index in [4.69, 9.17) is 14.2 Å². The summed E-state index contributed by atoms with van der Waals surface area (Å²) in [7, 11) is 1.63. The van der Waals surface area contributed by atoms with Crippen molar-refractivity contribution < 1.29 is 19.0 Å². The van der Waals surface area contributed by atoms with Crippen LogP contribution in [-0.2, 0) is 9.53 Å². The molecule has 0 unspecified atom stereocenters. The van der Waals surface area contributed by atoms with Gasteiger partial charge in [-0.15, -0.1) is 0 Å². The van der Waals surface area contributed by atoms with Crippen molar-refractivity contribution in [3.05, 3.63) is 36.9 Å². The van der Waals surface area contributed by atoms with Crippen molar-refractivity contribution >= 4 is 5.97 Å². The smallest absolute Gasteiger partial charge is 0.330 e. The SMILES string of the molecule is C=CC(=O)OCCCCOc1ccc(OC)cc1. The summed E-state index contributed by atoms with van der Waals surface area (Å²) in [6, 6.07) is 7.41. The summed E-state index contributed by atoms with van der Waals surface area (Å²) in [6.07, 6.45) is 2.76. The molecule has 1 rings (SSSR count). The normalized spacial score (nSPS) is 9.61.